The highest BCUT2D eigenvalue weighted by Crippen LogP contribution is 2.28. The van der Waals surface area contributed by atoms with Crippen LogP contribution < -0.4 is 0 Å². The molecule has 2 aromatic rings. The summed E-state index contributed by atoms with van der Waals surface area (Å²) in [6, 6.07) is 9.73. The minimum atomic E-state index is -0.862. The van der Waals surface area contributed by atoms with Crippen molar-refractivity contribution in [1.82, 2.24) is 15.0 Å². The van der Waals surface area contributed by atoms with Crippen LogP contribution in [0.3, 0.4) is 0 Å². The van der Waals surface area contributed by atoms with Gasteiger partial charge in [-0.2, -0.15) is 0 Å². The minimum absolute atomic E-state index is 0.643. The highest BCUT2D eigenvalue weighted by Gasteiger charge is 2.29. The van der Waals surface area contributed by atoms with Crippen LogP contribution in [0.4, 0.5) is 0 Å². The van der Waals surface area contributed by atoms with Gasteiger partial charge >= 0.3 is 0 Å². The maximum absolute atomic E-state index is 10.5. The molecule has 17 heavy (non-hydrogen) atoms. The van der Waals surface area contributed by atoms with E-state index in [2.05, 4.69) is 10.3 Å². The van der Waals surface area contributed by atoms with Gasteiger partial charge in [0.1, 0.15) is 5.60 Å². The Kier molecular flexibility index (Phi) is 3.24. The highest BCUT2D eigenvalue weighted by atomic mass is 16.3. The summed E-state index contributed by atoms with van der Waals surface area (Å²) >= 11 is 0. The third-order valence-electron chi connectivity index (χ3n) is 3.20. The van der Waals surface area contributed by atoms with Crippen LogP contribution in [0.2, 0.25) is 0 Å². The van der Waals surface area contributed by atoms with Gasteiger partial charge in [0.15, 0.2) is 0 Å². The van der Waals surface area contributed by atoms with Crippen molar-refractivity contribution in [2.24, 2.45) is 0 Å². The monoisotopic (exact) mass is 231 g/mol. The molecular weight excluding hydrogens is 214 g/mol. The van der Waals surface area contributed by atoms with E-state index in [1.54, 1.807) is 10.9 Å². The molecule has 0 amide bonds. The summed E-state index contributed by atoms with van der Waals surface area (Å²) in [4.78, 5) is 0. The number of benzene rings is 1. The number of hydrogen-bond donors (Lipinski definition) is 1. The number of hydrogen-bond acceptors (Lipinski definition) is 3. The molecule has 1 aromatic carbocycles. The Hall–Kier alpha value is -1.68. The van der Waals surface area contributed by atoms with Gasteiger partial charge in [0, 0.05) is 0 Å². The van der Waals surface area contributed by atoms with Crippen molar-refractivity contribution >= 4 is 0 Å². The Morgan fingerprint density at radius 1 is 1.18 bits per heavy atom. The zero-order valence-corrected chi connectivity index (χ0v) is 10.2. The molecule has 0 spiro atoms. The lowest BCUT2D eigenvalue weighted by Gasteiger charge is -2.25. The van der Waals surface area contributed by atoms with Crippen LogP contribution >= 0.6 is 0 Å². The Labute approximate surface area is 101 Å². The van der Waals surface area contributed by atoms with Crippen LogP contribution in [0, 0.1) is 0 Å². The van der Waals surface area contributed by atoms with E-state index >= 15 is 0 Å². The summed E-state index contributed by atoms with van der Waals surface area (Å²) in [6.45, 7) is 3.93. The summed E-state index contributed by atoms with van der Waals surface area (Å²) in [5.74, 6) is 0. The van der Waals surface area contributed by atoms with E-state index < -0.39 is 5.60 Å². The molecule has 4 nitrogen and oxygen atoms in total. The lowest BCUT2D eigenvalue weighted by molar-refractivity contribution is 0.0216. The average Bonchev–Trinajstić information content (AvgIpc) is 2.88. The molecule has 90 valence electrons. The van der Waals surface area contributed by atoms with Gasteiger partial charge in [-0.25, -0.2) is 4.68 Å². The Morgan fingerprint density at radius 3 is 2.41 bits per heavy atom. The first-order valence-electron chi connectivity index (χ1n) is 5.90. The zero-order valence-electron chi connectivity index (χ0n) is 10.2. The van der Waals surface area contributed by atoms with E-state index in [0.29, 0.717) is 12.8 Å². The van der Waals surface area contributed by atoms with E-state index in [1.807, 2.05) is 44.2 Å². The maximum Gasteiger partial charge on any atom is 0.108 e. The van der Waals surface area contributed by atoms with Crippen LogP contribution in [-0.4, -0.2) is 20.1 Å². The first-order valence-corrected chi connectivity index (χ1v) is 5.90. The second-order valence-corrected chi connectivity index (χ2v) is 4.11. The number of rotatable bonds is 4. The van der Waals surface area contributed by atoms with Crippen LogP contribution in [-0.2, 0) is 5.60 Å². The van der Waals surface area contributed by atoms with Crippen molar-refractivity contribution in [3.8, 4) is 5.69 Å². The first-order chi connectivity index (χ1) is 8.21. The van der Waals surface area contributed by atoms with Gasteiger partial charge in [0.05, 0.1) is 17.6 Å². The fourth-order valence-corrected chi connectivity index (χ4v) is 1.92. The molecule has 0 fully saturated rings. The van der Waals surface area contributed by atoms with Gasteiger partial charge in [-0.15, -0.1) is 5.10 Å². The molecule has 1 N–H and O–H groups in total. The standard InChI is InChI=1S/C13H17N3O/c1-3-13(17,4-2)12-10-14-15-16(12)11-8-6-5-7-9-11/h5-10,17H,3-4H2,1-2H3. The first kappa shape index (κ1) is 11.8. The van der Waals surface area contributed by atoms with E-state index in [0.717, 1.165) is 11.4 Å². The lowest BCUT2D eigenvalue weighted by Crippen LogP contribution is -2.27. The smallest absolute Gasteiger partial charge is 0.108 e. The normalized spacial score (nSPS) is 11.7. The molecule has 0 atom stereocenters. The van der Waals surface area contributed by atoms with E-state index in [-0.39, 0.29) is 0 Å². The Bertz CT molecular complexity index is 474. The van der Waals surface area contributed by atoms with Gasteiger partial charge < -0.3 is 5.11 Å². The highest BCUT2D eigenvalue weighted by molar-refractivity contribution is 5.32. The molecule has 0 aliphatic rings. The topological polar surface area (TPSA) is 50.9 Å². The second kappa shape index (κ2) is 4.67. The molecule has 0 aliphatic heterocycles. The van der Waals surface area contributed by atoms with Gasteiger partial charge in [-0.05, 0) is 25.0 Å². The summed E-state index contributed by atoms with van der Waals surface area (Å²) in [5.41, 5.74) is 0.799. The number of nitrogens with zero attached hydrogens (tertiary/aromatic N) is 3. The van der Waals surface area contributed by atoms with Crippen molar-refractivity contribution in [1.29, 1.82) is 0 Å². The van der Waals surface area contributed by atoms with E-state index in [1.165, 1.54) is 0 Å². The van der Waals surface area contributed by atoms with Gasteiger partial charge in [0.25, 0.3) is 0 Å². The Morgan fingerprint density at radius 2 is 1.82 bits per heavy atom. The SMILES string of the molecule is CCC(O)(CC)c1cnnn1-c1ccccc1. The molecule has 4 heteroatoms. The summed E-state index contributed by atoms with van der Waals surface area (Å²) < 4.78 is 1.70. The molecule has 0 aliphatic carbocycles. The number of para-hydroxylation sites is 1. The number of aliphatic hydroxyl groups is 1. The summed E-state index contributed by atoms with van der Waals surface area (Å²) in [5, 5.41) is 18.5. The third-order valence-corrected chi connectivity index (χ3v) is 3.20. The minimum Gasteiger partial charge on any atom is -0.384 e. The molecule has 2 rings (SSSR count). The van der Waals surface area contributed by atoms with E-state index in [9.17, 15) is 5.11 Å². The average molecular weight is 231 g/mol. The fourth-order valence-electron chi connectivity index (χ4n) is 1.92. The molecule has 0 unspecified atom stereocenters. The third kappa shape index (κ3) is 2.08. The van der Waals surface area contributed by atoms with Gasteiger partial charge in [-0.1, -0.05) is 37.3 Å². The fraction of sp³-hybridized carbons (Fsp3) is 0.385. The van der Waals surface area contributed by atoms with E-state index in [4.69, 9.17) is 0 Å². The van der Waals surface area contributed by atoms with Crippen LogP contribution in [0.5, 0.6) is 0 Å². The van der Waals surface area contributed by atoms with Crippen molar-refractivity contribution in [3.63, 3.8) is 0 Å². The maximum atomic E-state index is 10.5. The molecule has 0 radical (unpaired) electrons. The quantitative estimate of drug-likeness (QED) is 0.878. The molecule has 0 saturated carbocycles. The molecule has 1 heterocycles. The van der Waals surface area contributed by atoms with Gasteiger partial charge in [-0.3, -0.25) is 0 Å². The Balaban J connectivity index is 2.49. The van der Waals surface area contributed by atoms with Crippen molar-refractivity contribution < 1.29 is 5.11 Å². The molecule has 1 aromatic heterocycles. The van der Waals surface area contributed by atoms with Crippen molar-refractivity contribution in [2.75, 3.05) is 0 Å². The molecular formula is C13H17N3O. The molecule has 0 saturated heterocycles. The molecule has 0 bridgehead atoms. The number of aromatic nitrogens is 3. The van der Waals surface area contributed by atoms with Crippen molar-refractivity contribution in [3.05, 3.63) is 42.2 Å². The van der Waals surface area contributed by atoms with Crippen molar-refractivity contribution in [2.45, 2.75) is 32.3 Å². The second-order valence-electron chi connectivity index (χ2n) is 4.11. The summed E-state index contributed by atoms with van der Waals surface area (Å²) in [6.07, 6.45) is 2.92. The predicted octanol–water partition coefficient (Wildman–Crippen LogP) is 2.27. The zero-order chi connectivity index (χ0) is 12.3. The van der Waals surface area contributed by atoms with Gasteiger partial charge in [0.2, 0.25) is 0 Å². The lowest BCUT2D eigenvalue weighted by atomic mass is 9.94. The van der Waals surface area contributed by atoms with Crippen LogP contribution in [0.1, 0.15) is 32.4 Å². The largest absolute Gasteiger partial charge is 0.384 e. The van der Waals surface area contributed by atoms with Crippen LogP contribution in [0.25, 0.3) is 5.69 Å². The predicted molar refractivity (Wildman–Crippen MR) is 65.8 cm³/mol. The van der Waals surface area contributed by atoms with Crippen LogP contribution in [0.15, 0.2) is 36.5 Å². The summed E-state index contributed by atoms with van der Waals surface area (Å²) in [7, 11) is 0.